The van der Waals surface area contributed by atoms with Gasteiger partial charge in [0.05, 0.1) is 12.3 Å². The number of benzene rings is 1. The van der Waals surface area contributed by atoms with E-state index in [4.69, 9.17) is 11.6 Å². The Morgan fingerprint density at radius 1 is 1.50 bits per heavy atom. The zero-order valence-electron chi connectivity index (χ0n) is 9.72. The summed E-state index contributed by atoms with van der Waals surface area (Å²) < 4.78 is 1.52. The summed E-state index contributed by atoms with van der Waals surface area (Å²) in [5, 5.41) is 16.4. The van der Waals surface area contributed by atoms with Gasteiger partial charge >= 0.3 is 0 Å². The molecule has 5 nitrogen and oxygen atoms in total. The van der Waals surface area contributed by atoms with Crippen LogP contribution >= 0.6 is 11.6 Å². The van der Waals surface area contributed by atoms with Crippen molar-refractivity contribution in [3.05, 3.63) is 46.7 Å². The Balaban J connectivity index is 2.45. The normalized spacial score (nSPS) is 10.4. The third-order valence-electron chi connectivity index (χ3n) is 2.51. The van der Waals surface area contributed by atoms with Gasteiger partial charge in [-0.05, 0) is 18.2 Å². The van der Waals surface area contributed by atoms with Crippen LogP contribution in [0.1, 0.15) is 16.1 Å². The molecule has 0 aliphatic heterocycles. The number of nitrogens with one attached hydrogen (secondary N) is 1. The Morgan fingerprint density at radius 3 is 2.94 bits per heavy atom. The van der Waals surface area contributed by atoms with E-state index < -0.39 is 0 Å². The first kappa shape index (κ1) is 12.6. The van der Waals surface area contributed by atoms with Crippen LogP contribution in [0.5, 0.6) is 0 Å². The van der Waals surface area contributed by atoms with Crippen molar-refractivity contribution in [3.8, 4) is 5.69 Å². The maximum atomic E-state index is 11.4. The second kappa shape index (κ2) is 5.20. The smallest absolute Gasteiger partial charge is 0.271 e. The Bertz CT molecular complexity index is 580. The lowest BCUT2D eigenvalue weighted by molar-refractivity contribution is 0.0957. The summed E-state index contributed by atoms with van der Waals surface area (Å²) in [6.07, 6.45) is 1.65. The molecule has 94 valence electrons. The van der Waals surface area contributed by atoms with E-state index in [9.17, 15) is 9.90 Å². The van der Waals surface area contributed by atoms with Gasteiger partial charge in [0.15, 0.2) is 5.69 Å². The second-order valence-electron chi connectivity index (χ2n) is 3.66. The highest BCUT2D eigenvalue weighted by Crippen LogP contribution is 2.19. The highest BCUT2D eigenvalue weighted by molar-refractivity contribution is 6.30. The molecule has 6 heteroatoms. The average molecular weight is 266 g/mol. The number of amides is 1. The summed E-state index contributed by atoms with van der Waals surface area (Å²) >= 11 is 5.92. The number of nitrogens with zero attached hydrogens (tertiary/aromatic N) is 2. The zero-order valence-corrected chi connectivity index (χ0v) is 10.5. The first-order valence-corrected chi connectivity index (χ1v) is 5.71. The van der Waals surface area contributed by atoms with Gasteiger partial charge in [0, 0.05) is 23.8 Å². The molecular weight excluding hydrogens is 254 g/mol. The molecule has 0 fully saturated rings. The molecule has 1 heterocycles. The molecule has 0 saturated carbocycles. The molecular formula is C12H12ClN3O2. The van der Waals surface area contributed by atoms with Crippen LogP contribution in [0.25, 0.3) is 5.69 Å². The van der Waals surface area contributed by atoms with Gasteiger partial charge in [0.1, 0.15) is 0 Å². The molecule has 1 aromatic heterocycles. The maximum Gasteiger partial charge on any atom is 0.271 e. The van der Waals surface area contributed by atoms with Crippen molar-refractivity contribution in [1.82, 2.24) is 15.1 Å². The molecule has 0 unspecified atom stereocenters. The number of carbonyl (C=O) groups is 1. The Hall–Kier alpha value is -1.85. The number of aliphatic hydroxyl groups is 1. The van der Waals surface area contributed by atoms with Gasteiger partial charge in [-0.3, -0.25) is 4.79 Å². The van der Waals surface area contributed by atoms with Crippen molar-refractivity contribution >= 4 is 17.5 Å². The van der Waals surface area contributed by atoms with Gasteiger partial charge < -0.3 is 10.4 Å². The fourth-order valence-electron chi connectivity index (χ4n) is 1.59. The van der Waals surface area contributed by atoms with E-state index in [2.05, 4.69) is 10.4 Å². The summed E-state index contributed by atoms with van der Waals surface area (Å²) in [4.78, 5) is 11.4. The molecule has 0 aliphatic rings. The van der Waals surface area contributed by atoms with Crippen LogP contribution in [0.3, 0.4) is 0 Å². The number of rotatable bonds is 3. The minimum Gasteiger partial charge on any atom is -0.392 e. The van der Waals surface area contributed by atoms with Crippen LogP contribution in [-0.2, 0) is 6.61 Å². The summed E-state index contributed by atoms with van der Waals surface area (Å²) in [7, 11) is 1.54. The Kier molecular flexibility index (Phi) is 3.64. The van der Waals surface area contributed by atoms with E-state index >= 15 is 0 Å². The molecule has 0 saturated heterocycles. The quantitative estimate of drug-likeness (QED) is 0.881. The van der Waals surface area contributed by atoms with E-state index in [0.717, 1.165) is 0 Å². The monoisotopic (exact) mass is 265 g/mol. The van der Waals surface area contributed by atoms with Crippen LogP contribution in [-0.4, -0.2) is 27.8 Å². The molecule has 2 rings (SSSR count). The summed E-state index contributed by atoms with van der Waals surface area (Å²) in [5.41, 5.74) is 1.65. The van der Waals surface area contributed by atoms with Gasteiger partial charge in [-0.2, -0.15) is 5.10 Å². The molecule has 1 aromatic carbocycles. The summed E-state index contributed by atoms with van der Waals surface area (Å²) in [6.45, 7) is -0.123. The minimum atomic E-state index is -0.263. The second-order valence-corrected chi connectivity index (χ2v) is 4.09. The standard InChI is InChI=1S/C12H12ClN3O2/c1-14-12(18)10-4-5-16(15-10)11-6-9(13)3-2-8(11)7-17/h2-6,17H,7H2,1H3,(H,14,18). The average Bonchev–Trinajstić information content (AvgIpc) is 2.87. The number of carbonyl (C=O) groups excluding carboxylic acids is 1. The van der Waals surface area contributed by atoms with Crippen molar-refractivity contribution in [2.75, 3.05) is 7.05 Å². The van der Waals surface area contributed by atoms with Crippen molar-refractivity contribution in [1.29, 1.82) is 0 Å². The third kappa shape index (κ3) is 2.37. The van der Waals surface area contributed by atoms with Crippen LogP contribution in [0, 0.1) is 0 Å². The zero-order chi connectivity index (χ0) is 13.1. The predicted molar refractivity (Wildman–Crippen MR) is 67.9 cm³/mol. The lowest BCUT2D eigenvalue weighted by atomic mass is 10.2. The minimum absolute atomic E-state index is 0.123. The Labute approximate surface area is 109 Å². The molecule has 2 N–H and O–H groups in total. The molecule has 18 heavy (non-hydrogen) atoms. The lowest BCUT2D eigenvalue weighted by Crippen LogP contribution is -2.18. The van der Waals surface area contributed by atoms with Crippen molar-refractivity contribution in [3.63, 3.8) is 0 Å². The van der Waals surface area contributed by atoms with E-state index in [0.29, 0.717) is 22.0 Å². The number of aliphatic hydroxyl groups excluding tert-OH is 1. The largest absolute Gasteiger partial charge is 0.392 e. The number of halogens is 1. The van der Waals surface area contributed by atoms with E-state index in [1.165, 1.54) is 4.68 Å². The van der Waals surface area contributed by atoms with Gasteiger partial charge in [-0.25, -0.2) is 4.68 Å². The van der Waals surface area contributed by atoms with Crippen LogP contribution < -0.4 is 5.32 Å². The molecule has 0 atom stereocenters. The molecule has 2 aromatic rings. The molecule has 0 spiro atoms. The SMILES string of the molecule is CNC(=O)c1ccn(-c2cc(Cl)ccc2CO)n1. The van der Waals surface area contributed by atoms with E-state index in [-0.39, 0.29) is 12.5 Å². The summed E-state index contributed by atoms with van der Waals surface area (Å²) in [5.74, 6) is -0.263. The van der Waals surface area contributed by atoms with Gasteiger partial charge in [0.2, 0.25) is 0 Å². The first-order valence-electron chi connectivity index (χ1n) is 5.33. The number of hydrogen-bond donors (Lipinski definition) is 2. The third-order valence-corrected chi connectivity index (χ3v) is 2.75. The molecule has 0 radical (unpaired) electrons. The number of hydrogen-bond acceptors (Lipinski definition) is 3. The topological polar surface area (TPSA) is 67.2 Å². The van der Waals surface area contributed by atoms with Crippen LogP contribution in [0.2, 0.25) is 5.02 Å². The lowest BCUT2D eigenvalue weighted by Gasteiger charge is -2.07. The fraction of sp³-hybridized carbons (Fsp3) is 0.167. The molecule has 0 aliphatic carbocycles. The Morgan fingerprint density at radius 2 is 2.28 bits per heavy atom. The van der Waals surface area contributed by atoms with Crippen molar-refractivity contribution in [2.45, 2.75) is 6.61 Å². The highest BCUT2D eigenvalue weighted by atomic mass is 35.5. The van der Waals surface area contributed by atoms with Gasteiger partial charge in [-0.15, -0.1) is 0 Å². The van der Waals surface area contributed by atoms with Gasteiger partial charge in [-0.1, -0.05) is 17.7 Å². The van der Waals surface area contributed by atoms with Crippen LogP contribution in [0.4, 0.5) is 0 Å². The van der Waals surface area contributed by atoms with Crippen molar-refractivity contribution in [2.24, 2.45) is 0 Å². The van der Waals surface area contributed by atoms with Crippen LogP contribution in [0.15, 0.2) is 30.5 Å². The van der Waals surface area contributed by atoms with Crippen molar-refractivity contribution < 1.29 is 9.90 Å². The van der Waals surface area contributed by atoms with Gasteiger partial charge in [0.25, 0.3) is 5.91 Å². The first-order chi connectivity index (χ1) is 8.65. The molecule has 1 amide bonds. The van der Waals surface area contributed by atoms with E-state index in [1.54, 1.807) is 37.5 Å². The summed E-state index contributed by atoms with van der Waals surface area (Å²) in [6, 6.07) is 6.70. The number of aromatic nitrogens is 2. The molecule has 0 bridgehead atoms. The predicted octanol–water partition coefficient (Wildman–Crippen LogP) is 1.38. The highest BCUT2D eigenvalue weighted by Gasteiger charge is 2.10. The maximum absolute atomic E-state index is 11.4. The fourth-order valence-corrected chi connectivity index (χ4v) is 1.76. The van der Waals surface area contributed by atoms with E-state index in [1.807, 2.05) is 0 Å².